The Hall–Kier alpha value is -2.38. The summed E-state index contributed by atoms with van der Waals surface area (Å²) in [6, 6.07) is 12.1. The molecule has 2 aromatic carbocycles. The van der Waals surface area contributed by atoms with Crippen LogP contribution in [0.2, 0.25) is 0 Å². The second-order valence-electron chi connectivity index (χ2n) is 5.56. The fraction of sp³-hybridized carbons (Fsp3) is 0.278. The maximum atomic E-state index is 12.3. The molecule has 2 aromatic rings. The van der Waals surface area contributed by atoms with Crippen molar-refractivity contribution in [1.82, 2.24) is 4.83 Å². The molecule has 0 aliphatic carbocycles. The van der Waals surface area contributed by atoms with Crippen molar-refractivity contribution in [1.29, 1.82) is 0 Å². The molecule has 1 N–H and O–H groups in total. The molecule has 0 aliphatic heterocycles. The summed E-state index contributed by atoms with van der Waals surface area (Å²) in [7, 11) is -0.512. The number of sulfonamides is 1. The highest BCUT2D eigenvalue weighted by atomic mass is 32.2. The molecule has 0 spiro atoms. The molecule has 0 fully saturated rings. The van der Waals surface area contributed by atoms with Crippen molar-refractivity contribution >= 4 is 15.7 Å². The van der Waals surface area contributed by atoms with E-state index in [0.717, 1.165) is 16.7 Å². The first kappa shape index (κ1) is 19.0. The van der Waals surface area contributed by atoms with Gasteiger partial charge in [0.15, 0.2) is 0 Å². The zero-order chi connectivity index (χ0) is 18.4. The minimum Gasteiger partial charge on any atom is -0.496 e. The fourth-order valence-corrected chi connectivity index (χ4v) is 3.09. The predicted molar refractivity (Wildman–Crippen MR) is 97.4 cm³/mol. The summed E-state index contributed by atoms with van der Waals surface area (Å²) in [4.78, 5) is 2.44. The number of nitrogens with one attached hydrogen (secondary N) is 1. The van der Waals surface area contributed by atoms with Crippen molar-refractivity contribution in [3.05, 3.63) is 59.2 Å². The lowest BCUT2D eigenvalue weighted by Gasteiger charge is -2.10. The van der Waals surface area contributed by atoms with Crippen LogP contribution >= 0.6 is 0 Å². The Morgan fingerprint density at radius 2 is 1.80 bits per heavy atom. The number of hydrogen-bond acceptors (Lipinski definition) is 5. The molecular formula is C18H22N2O4S. The normalized spacial score (nSPS) is 12.1. The minimum absolute atomic E-state index is 0.171. The van der Waals surface area contributed by atoms with Gasteiger partial charge < -0.3 is 9.47 Å². The van der Waals surface area contributed by atoms with Crippen molar-refractivity contribution in [2.45, 2.75) is 25.3 Å². The van der Waals surface area contributed by atoms with Crippen LogP contribution in [0.4, 0.5) is 0 Å². The summed E-state index contributed by atoms with van der Waals surface area (Å²) in [5.74, 6) is 0.707. The standard InChI is InChI=1S/C18H22N2O4S/c1-13-5-8-17(9-6-13)25(21,22)20-19-14(2)15-7-10-18(24-4)16(11-15)12-23-3/h5-11,20H,12H2,1-4H3/b19-14-. The summed E-state index contributed by atoms with van der Waals surface area (Å²) < 4.78 is 35.0. The molecule has 0 unspecified atom stereocenters. The number of benzene rings is 2. The van der Waals surface area contributed by atoms with Crippen LogP contribution in [0.5, 0.6) is 5.75 Å². The highest BCUT2D eigenvalue weighted by Crippen LogP contribution is 2.21. The lowest BCUT2D eigenvalue weighted by atomic mass is 10.1. The van der Waals surface area contributed by atoms with Crippen molar-refractivity contribution in [3.63, 3.8) is 0 Å². The van der Waals surface area contributed by atoms with Gasteiger partial charge >= 0.3 is 0 Å². The predicted octanol–water partition coefficient (Wildman–Crippen LogP) is 2.85. The molecular weight excluding hydrogens is 340 g/mol. The van der Waals surface area contributed by atoms with E-state index in [1.807, 2.05) is 19.1 Å². The second-order valence-corrected chi connectivity index (χ2v) is 7.23. The molecule has 0 bridgehead atoms. The van der Waals surface area contributed by atoms with Crippen LogP contribution in [0.15, 0.2) is 52.5 Å². The van der Waals surface area contributed by atoms with E-state index in [1.165, 1.54) is 0 Å². The third-order valence-corrected chi connectivity index (χ3v) is 4.89. The Balaban J connectivity index is 2.23. The van der Waals surface area contributed by atoms with Crippen LogP contribution in [0.25, 0.3) is 0 Å². The van der Waals surface area contributed by atoms with Gasteiger partial charge in [0.05, 0.1) is 24.3 Å². The SMILES string of the molecule is COCc1cc(/C(C)=N\NS(=O)(=O)c2ccc(C)cc2)ccc1OC. The van der Waals surface area contributed by atoms with E-state index in [1.54, 1.807) is 51.5 Å². The van der Waals surface area contributed by atoms with E-state index >= 15 is 0 Å². The molecule has 6 nitrogen and oxygen atoms in total. The first-order valence-corrected chi connectivity index (χ1v) is 9.14. The molecule has 0 amide bonds. The molecule has 2 rings (SSSR count). The Bertz CT molecular complexity index is 859. The largest absolute Gasteiger partial charge is 0.496 e. The van der Waals surface area contributed by atoms with Crippen LogP contribution in [-0.2, 0) is 21.4 Å². The number of hydrogen-bond donors (Lipinski definition) is 1. The minimum atomic E-state index is -3.70. The van der Waals surface area contributed by atoms with Crippen LogP contribution in [-0.4, -0.2) is 28.3 Å². The highest BCUT2D eigenvalue weighted by Gasteiger charge is 2.13. The average molecular weight is 362 g/mol. The van der Waals surface area contributed by atoms with Crippen LogP contribution in [0.3, 0.4) is 0 Å². The van der Waals surface area contributed by atoms with Crippen molar-refractivity contribution < 1.29 is 17.9 Å². The maximum Gasteiger partial charge on any atom is 0.276 e. The van der Waals surface area contributed by atoms with Gasteiger partial charge in [-0.25, -0.2) is 0 Å². The summed E-state index contributed by atoms with van der Waals surface area (Å²) in [6.07, 6.45) is 0. The van der Waals surface area contributed by atoms with Crippen molar-refractivity contribution in [2.75, 3.05) is 14.2 Å². The smallest absolute Gasteiger partial charge is 0.276 e. The molecule has 0 saturated carbocycles. The third-order valence-electron chi connectivity index (χ3n) is 3.66. The van der Waals surface area contributed by atoms with Gasteiger partial charge in [-0.15, -0.1) is 0 Å². The molecule has 7 heteroatoms. The van der Waals surface area contributed by atoms with Gasteiger partial charge in [0.2, 0.25) is 0 Å². The topological polar surface area (TPSA) is 77.0 Å². The summed E-state index contributed by atoms with van der Waals surface area (Å²) in [6.45, 7) is 4.02. The van der Waals surface area contributed by atoms with Crippen LogP contribution in [0, 0.1) is 6.92 Å². The summed E-state index contributed by atoms with van der Waals surface area (Å²) in [5.41, 5.74) is 3.16. The van der Waals surface area contributed by atoms with E-state index in [2.05, 4.69) is 9.93 Å². The molecule has 0 aliphatic rings. The highest BCUT2D eigenvalue weighted by molar-refractivity contribution is 7.89. The van der Waals surface area contributed by atoms with E-state index < -0.39 is 10.0 Å². The van der Waals surface area contributed by atoms with E-state index in [4.69, 9.17) is 9.47 Å². The maximum absolute atomic E-state index is 12.3. The van der Waals surface area contributed by atoms with E-state index in [9.17, 15) is 8.42 Å². The summed E-state index contributed by atoms with van der Waals surface area (Å²) >= 11 is 0. The average Bonchev–Trinajstić information content (AvgIpc) is 2.60. The number of aryl methyl sites for hydroxylation is 1. The van der Waals surface area contributed by atoms with Gasteiger partial charge in [-0.1, -0.05) is 17.7 Å². The zero-order valence-electron chi connectivity index (χ0n) is 14.7. The fourth-order valence-electron chi connectivity index (χ4n) is 2.24. The Morgan fingerprint density at radius 1 is 1.12 bits per heavy atom. The molecule has 0 saturated heterocycles. The molecule has 0 heterocycles. The number of methoxy groups -OCH3 is 2. The first-order valence-electron chi connectivity index (χ1n) is 7.66. The number of hydrazone groups is 1. The lowest BCUT2D eigenvalue weighted by molar-refractivity contribution is 0.181. The van der Waals surface area contributed by atoms with Gasteiger partial charge in [-0.3, -0.25) is 0 Å². The van der Waals surface area contributed by atoms with Crippen molar-refractivity contribution in [2.24, 2.45) is 5.10 Å². The molecule has 0 atom stereocenters. The third kappa shape index (κ3) is 4.80. The monoisotopic (exact) mass is 362 g/mol. The van der Waals surface area contributed by atoms with Gasteiger partial charge in [-0.2, -0.15) is 18.4 Å². The lowest BCUT2D eigenvalue weighted by Crippen LogP contribution is -2.20. The number of ether oxygens (including phenoxy) is 2. The first-order chi connectivity index (χ1) is 11.9. The van der Waals surface area contributed by atoms with Crippen molar-refractivity contribution in [3.8, 4) is 5.75 Å². The zero-order valence-corrected chi connectivity index (χ0v) is 15.6. The number of rotatable bonds is 7. The van der Waals surface area contributed by atoms with Gasteiger partial charge in [0, 0.05) is 12.7 Å². The van der Waals surface area contributed by atoms with E-state index in [0.29, 0.717) is 18.1 Å². The summed E-state index contributed by atoms with van der Waals surface area (Å²) in [5, 5.41) is 4.02. The molecule has 134 valence electrons. The quantitative estimate of drug-likeness (QED) is 0.607. The molecule has 0 aromatic heterocycles. The van der Waals surface area contributed by atoms with Gasteiger partial charge in [0.25, 0.3) is 10.0 Å². The molecule has 0 radical (unpaired) electrons. The van der Waals surface area contributed by atoms with Crippen LogP contribution < -0.4 is 9.57 Å². The van der Waals surface area contributed by atoms with Gasteiger partial charge in [-0.05, 0) is 49.7 Å². The molecule has 25 heavy (non-hydrogen) atoms. The van der Waals surface area contributed by atoms with Crippen LogP contribution in [0.1, 0.15) is 23.6 Å². The second kappa shape index (κ2) is 8.13. The Labute approximate surface area is 148 Å². The van der Waals surface area contributed by atoms with E-state index in [-0.39, 0.29) is 4.90 Å². The Kier molecular flexibility index (Phi) is 6.17. The number of nitrogens with zero attached hydrogens (tertiary/aromatic N) is 1. The van der Waals surface area contributed by atoms with Gasteiger partial charge in [0.1, 0.15) is 5.75 Å². The Morgan fingerprint density at radius 3 is 2.40 bits per heavy atom.